The third-order valence-corrected chi connectivity index (χ3v) is 6.00. The van der Waals surface area contributed by atoms with E-state index in [0.29, 0.717) is 16.6 Å². The molecule has 0 aliphatic heterocycles. The highest BCUT2D eigenvalue weighted by Gasteiger charge is 2.16. The summed E-state index contributed by atoms with van der Waals surface area (Å²) in [4.78, 5) is 0. The standard InChI is InChI=1S/C14H12ClN3O2S2/c15-13-5-6-14(21-13)22(19,20)17-12-4-1-3-11(9-12)10-18-8-2-7-16-18/h1-9,17H,10H2. The van der Waals surface area contributed by atoms with Crippen molar-refractivity contribution in [2.24, 2.45) is 0 Å². The van der Waals surface area contributed by atoms with Crippen LogP contribution in [-0.2, 0) is 16.6 Å². The summed E-state index contributed by atoms with van der Waals surface area (Å²) in [6.07, 6.45) is 3.55. The van der Waals surface area contributed by atoms with Crippen LogP contribution in [0, 0.1) is 0 Å². The second-order valence-corrected chi connectivity index (χ2v) is 8.19. The lowest BCUT2D eigenvalue weighted by atomic mass is 10.2. The van der Waals surface area contributed by atoms with Crippen molar-refractivity contribution < 1.29 is 8.42 Å². The van der Waals surface area contributed by atoms with Gasteiger partial charge in [-0.2, -0.15) is 5.10 Å². The Labute approximate surface area is 137 Å². The Kier molecular flexibility index (Phi) is 4.19. The minimum atomic E-state index is -3.61. The molecule has 2 heterocycles. The van der Waals surface area contributed by atoms with E-state index in [1.807, 2.05) is 18.3 Å². The van der Waals surface area contributed by atoms with Crippen molar-refractivity contribution in [2.45, 2.75) is 10.8 Å². The summed E-state index contributed by atoms with van der Waals surface area (Å²) in [7, 11) is -3.61. The van der Waals surface area contributed by atoms with E-state index >= 15 is 0 Å². The Hall–Kier alpha value is -1.83. The molecule has 0 saturated carbocycles. The minimum Gasteiger partial charge on any atom is -0.279 e. The molecule has 0 bridgehead atoms. The van der Waals surface area contributed by atoms with E-state index in [9.17, 15) is 8.42 Å². The molecule has 0 radical (unpaired) electrons. The number of anilines is 1. The van der Waals surface area contributed by atoms with Crippen molar-refractivity contribution in [3.05, 3.63) is 64.8 Å². The highest BCUT2D eigenvalue weighted by atomic mass is 35.5. The Bertz CT molecular complexity index is 873. The van der Waals surface area contributed by atoms with Crippen molar-refractivity contribution in [1.29, 1.82) is 0 Å². The second-order valence-electron chi connectivity index (χ2n) is 4.57. The van der Waals surface area contributed by atoms with E-state index in [0.717, 1.165) is 16.9 Å². The van der Waals surface area contributed by atoms with Crippen LogP contribution in [0.5, 0.6) is 0 Å². The molecule has 2 aromatic heterocycles. The number of aromatic nitrogens is 2. The maximum atomic E-state index is 12.3. The molecule has 0 unspecified atom stereocenters. The molecule has 0 atom stereocenters. The van der Waals surface area contributed by atoms with Crippen molar-refractivity contribution in [3.8, 4) is 0 Å². The fourth-order valence-corrected chi connectivity index (χ4v) is 4.49. The van der Waals surface area contributed by atoms with Gasteiger partial charge in [-0.3, -0.25) is 9.40 Å². The van der Waals surface area contributed by atoms with Gasteiger partial charge in [0.1, 0.15) is 4.21 Å². The molecule has 0 saturated heterocycles. The Balaban J connectivity index is 1.80. The van der Waals surface area contributed by atoms with Crippen LogP contribution in [0.4, 0.5) is 5.69 Å². The van der Waals surface area contributed by atoms with E-state index in [1.165, 1.54) is 6.07 Å². The summed E-state index contributed by atoms with van der Waals surface area (Å²) >= 11 is 6.81. The molecule has 8 heteroatoms. The molecular weight excluding hydrogens is 342 g/mol. The maximum absolute atomic E-state index is 12.3. The van der Waals surface area contributed by atoms with Gasteiger partial charge in [0, 0.05) is 18.1 Å². The summed E-state index contributed by atoms with van der Waals surface area (Å²) in [5, 5.41) is 4.13. The third-order valence-electron chi connectivity index (χ3n) is 2.90. The molecule has 0 aliphatic rings. The van der Waals surface area contributed by atoms with Gasteiger partial charge in [-0.05, 0) is 35.9 Å². The number of hydrogen-bond donors (Lipinski definition) is 1. The predicted octanol–water partition coefficient (Wildman–Crippen LogP) is 3.45. The van der Waals surface area contributed by atoms with Gasteiger partial charge in [-0.15, -0.1) is 11.3 Å². The SMILES string of the molecule is O=S(=O)(Nc1cccc(Cn2cccn2)c1)c1ccc(Cl)s1. The van der Waals surface area contributed by atoms with Crippen LogP contribution in [0.15, 0.2) is 59.1 Å². The van der Waals surface area contributed by atoms with Crippen LogP contribution >= 0.6 is 22.9 Å². The highest BCUT2D eigenvalue weighted by Crippen LogP contribution is 2.27. The molecule has 0 fully saturated rings. The lowest BCUT2D eigenvalue weighted by molar-refractivity contribution is 0.603. The molecule has 1 N–H and O–H groups in total. The summed E-state index contributed by atoms with van der Waals surface area (Å²) in [5.41, 5.74) is 1.46. The predicted molar refractivity (Wildman–Crippen MR) is 87.9 cm³/mol. The largest absolute Gasteiger partial charge is 0.279 e. The fourth-order valence-electron chi connectivity index (χ4n) is 1.96. The van der Waals surface area contributed by atoms with E-state index in [4.69, 9.17) is 11.6 Å². The molecule has 22 heavy (non-hydrogen) atoms. The van der Waals surface area contributed by atoms with Crippen LogP contribution < -0.4 is 4.72 Å². The minimum absolute atomic E-state index is 0.190. The van der Waals surface area contributed by atoms with Crippen molar-refractivity contribution in [2.75, 3.05) is 4.72 Å². The number of hydrogen-bond acceptors (Lipinski definition) is 4. The van der Waals surface area contributed by atoms with Crippen LogP contribution in [0.3, 0.4) is 0 Å². The van der Waals surface area contributed by atoms with Crippen molar-refractivity contribution >= 4 is 38.6 Å². The monoisotopic (exact) mass is 353 g/mol. The topological polar surface area (TPSA) is 64.0 Å². The first-order valence-electron chi connectivity index (χ1n) is 6.37. The first kappa shape index (κ1) is 15.1. The van der Waals surface area contributed by atoms with Crippen LogP contribution in [0.25, 0.3) is 0 Å². The highest BCUT2D eigenvalue weighted by molar-refractivity contribution is 7.94. The number of halogens is 1. The summed E-state index contributed by atoms with van der Waals surface area (Å²) in [5.74, 6) is 0. The zero-order valence-corrected chi connectivity index (χ0v) is 13.7. The molecule has 114 valence electrons. The maximum Gasteiger partial charge on any atom is 0.271 e. The average molecular weight is 354 g/mol. The van der Waals surface area contributed by atoms with Gasteiger partial charge in [0.25, 0.3) is 10.0 Å². The molecular formula is C14H12ClN3O2S2. The van der Waals surface area contributed by atoms with E-state index in [1.54, 1.807) is 35.1 Å². The smallest absolute Gasteiger partial charge is 0.271 e. The molecule has 3 aromatic rings. The third kappa shape index (κ3) is 3.49. The lowest BCUT2D eigenvalue weighted by Gasteiger charge is -2.08. The second kappa shape index (κ2) is 6.12. The number of rotatable bonds is 5. The average Bonchev–Trinajstić information content (AvgIpc) is 3.10. The first-order chi connectivity index (χ1) is 10.5. The van der Waals surface area contributed by atoms with Crippen molar-refractivity contribution in [1.82, 2.24) is 9.78 Å². The lowest BCUT2D eigenvalue weighted by Crippen LogP contribution is -2.11. The van der Waals surface area contributed by atoms with Gasteiger partial charge >= 0.3 is 0 Å². The fraction of sp³-hybridized carbons (Fsp3) is 0.0714. The van der Waals surface area contributed by atoms with Crippen molar-refractivity contribution in [3.63, 3.8) is 0 Å². The molecule has 0 amide bonds. The number of nitrogens with zero attached hydrogens (tertiary/aromatic N) is 2. The number of nitrogens with one attached hydrogen (secondary N) is 1. The van der Waals surface area contributed by atoms with Crippen LogP contribution in [0.2, 0.25) is 4.34 Å². The zero-order valence-electron chi connectivity index (χ0n) is 11.3. The van der Waals surface area contributed by atoms with Crippen LogP contribution in [-0.4, -0.2) is 18.2 Å². The van der Waals surface area contributed by atoms with Gasteiger partial charge in [-0.1, -0.05) is 23.7 Å². The van der Waals surface area contributed by atoms with E-state index in [-0.39, 0.29) is 4.21 Å². The first-order valence-corrected chi connectivity index (χ1v) is 9.05. The van der Waals surface area contributed by atoms with Gasteiger partial charge in [0.2, 0.25) is 0 Å². The normalized spacial score (nSPS) is 11.5. The van der Waals surface area contributed by atoms with Gasteiger partial charge < -0.3 is 0 Å². The number of sulfonamides is 1. The molecule has 0 spiro atoms. The summed E-state index contributed by atoms with van der Waals surface area (Å²) < 4.78 is 29.5. The molecule has 0 aliphatic carbocycles. The van der Waals surface area contributed by atoms with E-state index in [2.05, 4.69) is 9.82 Å². The molecule has 1 aromatic carbocycles. The molecule has 3 rings (SSSR count). The summed E-state index contributed by atoms with van der Waals surface area (Å²) in [6.45, 7) is 0.577. The Morgan fingerprint density at radius 2 is 2.09 bits per heavy atom. The number of benzene rings is 1. The molecule has 5 nitrogen and oxygen atoms in total. The van der Waals surface area contributed by atoms with Gasteiger partial charge in [0.05, 0.1) is 10.9 Å². The zero-order chi connectivity index (χ0) is 15.6. The van der Waals surface area contributed by atoms with Gasteiger partial charge in [0.15, 0.2) is 0 Å². The quantitative estimate of drug-likeness (QED) is 0.764. The Morgan fingerprint density at radius 1 is 1.23 bits per heavy atom. The van der Waals surface area contributed by atoms with Crippen LogP contribution in [0.1, 0.15) is 5.56 Å². The van der Waals surface area contributed by atoms with E-state index < -0.39 is 10.0 Å². The summed E-state index contributed by atoms with van der Waals surface area (Å²) in [6, 6.07) is 12.1. The Morgan fingerprint density at radius 3 is 2.77 bits per heavy atom. The van der Waals surface area contributed by atoms with Gasteiger partial charge in [-0.25, -0.2) is 8.42 Å². The number of thiophene rings is 1.